The van der Waals surface area contributed by atoms with Crippen LogP contribution in [0.3, 0.4) is 0 Å². The van der Waals surface area contributed by atoms with E-state index in [9.17, 15) is 4.39 Å². The Balaban J connectivity index is 1.68. The summed E-state index contributed by atoms with van der Waals surface area (Å²) in [7, 11) is 1.57. The van der Waals surface area contributed by atoms with Gasteiger partial charge in [-0.3, -0.25) is 4.98 Å². The van der Waals surface area contributed by atoms with Crippen LogP contribution in [0.2, 0.25) is 5.02 Å². The Morgan fingerprint density at radius 2 is 1.88 bits per heavy atom. The van der Waals surface area contributed by atoms with Crippen LogP contribution in [0.4, 0.5) is 10.1 Å². The van der Waals surface area contributed by atoms with E-state index in [1.807, 2.05) is 64.2 Å². The van der Waals surface area contributed by atoms with Crippen molar-refractivity contribution in [1.82, 2.24) is 14.9 Å². The van der Waals surface area contributed by atoms with Crippen LogP contribution < -0.4 is 15.0 Å². The molecular weight excluding hydrogens is 459 g/mol. The van der Waals surface area contributed by atoms with Gasteiger partial charge in [-0.15, -0.1) is 0 Å². The number of methoxy groups -OCH3 is 1. The Morgan fingerprint density at radius 3 is 2.61 bits per heavy atom. The van der Waals surface area contributed by atoms with Gasteiger partial charge in [-0.2, -0.15) is 0 Å². The average molecular weight is 479 g/mol. The molecular formula is C25H20ClFN4OS. The van der Waals surface area contributed by atoms with Gasteiger partial charge in [-0.1, -0.05) is 29.8 Å². The number of nitrogens with one attached hydrogen (secondary N) is 1. The van der Waals surface area contributed by atoms with Gasteiger partial charge in [0.05, 0.1) is 29.6 Å². The summed E-state index contributed by atoms with van der Waals surface area (Å²) >= 11 is 12.2. The molecule has 5 rings (SSSR count). The average Bonchev–Trinajstić information content (AvgIpc) is 3.44. The van der Waals surface area contributed by atoms with Gasteiger partial charge >= 0.3 is 0 Å². The fourth-order valence-corrected chi connectivity index (χ4v) is 4.84. The van der Waals surface area contributed by atoms with Gasteiger partial charge in [-0.05, 0) is 66.8 Å². The molecule has 4 aromatic rings. The Labute approximate surface area is 201 Å². The summed E-state index contributed by atoms with van der Waals surface area (Å²) in [4.78, 5) is 6.56. The van der Waals surface area contributed by atoms with Crippen LogP contribution in [0.1, 0.15) is 23.5 Å². The van der Waals surface area contributed by atoms with E-state index in [1.165, 1.54) is 6.07 Å². The van der Waals surface area contributed by atoms with Crippen molar-refractivity contribution in [3.05, 3.63) is 107 Å². The van der Waals surface area contributed by atoms with Crippen LogP contribution in [0, 0.1) is 5.82 Å². The number of aromatic nitrogens is 2. The Morgan fingerprint density at radius 1 is 1.06 bits per heavy atom. The number of thiocarbonyl (C=S) groups is 1. The first-order valence-electron chi connectivity index (χ1n) is 10.3. The summed E-state index contributed by atoms with van der Waals surface area (Å²) in [6, 6.07) is 21.3. The Bertz CT molecular complexity index is 1310. The predicted octanol–water partition coefficient (Wildman–Crippen LogP) is 5.85. The topological polar surface area (TPSA) is 42.3 Å². The minimum atomic E-state index is -0.313. The van der Waals surface area contributed by atoms with E-state index < -0.39 is 0 Å². The van der Waals surface area contributed by atoms with E-state index in [1.54, 1.807) is 31.5 Å². The molecule has 1 N–H and O–H groups in total. The third-order valence-electron chi connectivity index (χ3n) is 5.71. The first kappa shape index (κ1) is 21.4. The van der Waals surface area contributed by atoms with Crippen LogP contribution >= 0.6 is 23.8 Å². The third kappa shape index (κ3) is 3.83. The predicted molar refractivity (Wildman–Crippen MR) is 132 cm³/mol. The summed E-state index contributed by atoms with van der Waals surface area (Å²) in [6.07, 6.45) is 3.60. The molecule has 0 unspecified atom stereocenters. The lowest BCUT2D eigenvalue weighted by molar-refractivity contribution is 0.415. The number of benzene rings is 2. The molecule has 2 atom stereocenters. The Kier molecular flexibility index (Phi) is 5.74. The number of hydrogen-bond donors (Lipinski definition) is 1. The molecule has 5 nitrogen and oxygen atoms in total. The summed E-state index contributed by atoms with van der Waals surface area (Å²) in [6.45, 7) is 0. The maximum Gasteiger partial charge on any atom is 0.174 e. The van der Waals surface area contributed by atoms with Crippen molar-refractivity contribution in [1.29, 1.82) is 0 Å². The lowest BCUT2D eigenvalue weighted by atomic mass is 10.0. The first-order chi connectivity index (χ1) is 16.1. The number of pyridine rings is 1. The Hall–Kier alpha value is -3.42. The molecule has 0 radical (unpaired) electrons. The van der Waals surface area contributed by atoms with E-state index in [4.69, 9.17) is 28.6 Å². The molecule has 1 saturated heterocycles. The molecule has 0 bridgehead atoms. The number of nitrogens with zero attached hydrogens (tertiary/aromatic N) is 3. The monoisotopic (exact) mass is 478 g/mol. The van der Waals surface area contributed by atoms with Gasteiger partial charge in [0.2, 0.25) is 0 Å². The van der Waals surface area contributed by atoms with Crippen molar-refractivity contribution in [3.8, 4) is 11.4 Å². The zero-order valence-electron chi connectivity index (χ0n) is 17.7. The van der Waals surface area contributed by atoms with Gasteiger partial charge in [-0.25, -0.2) is 4.39 Å². The molecule has 0 saturated carbocycles. The maximum absolute atomic E-state index is 14.8. The van der Waals surface area contributed by atoms with Gasteiger partial charge in [0.15, 0.2) is 5.11 Å². The zero-order chi connectivity index (χ0) is 22.9. The number of rotatable bonds is 5. The highest BCUT2D eigenvalue weighted by atomic mass is 35.5. The van der Waals surface area contributed by atoms with Crippen molar-refractivity contribution in [3.63, 3.8) is 0 Å². The molecule has 0 spiro atoms. The lowest BCUT2D eigenvalue weighted by Crippen LogP contribution is -2.30. The van der Waals surface area contributed by atoms with Crippen LogP contribution in [0.5, 0.6) is 5.75 Å². The number of hydrogen-bond acceptors (Lipinski definition) is 3. The minimum absolute atomic E-state index is 0.264. The van der Waals surface area contributed by atoms with Gasteiger partial charge < -0.3 is 19.5 Å². The number of halogens is 2. The molecule has 166 valence electrons. The van der Waals surface area contributed by atoms with E-state index in [0.717, 1.165) is 17.1 Å². The highest BCUT2D eigenvalue weighted by Gasteiger charge is 2.42. The van der Waals surface area contributed by atoms with Crippen LogP contribution in [-0.4, -0.2) is 21.8 Å². The zero-order valence-corrected chi connectivity index (χ0v) is 19.2. The van der Waals surface area contributed by atoms with Gasteiger partial charge in [0.25, 0.3) is 0 Å². The highest BCUT2D eigenvalue weighted by Crippen LogP contribution is 2.43. The molecule has 0 amide bonds. The number of ether oxygens (including phenoxy) is 1. The number of anilines is 1. The quantitative estimate of drug-likeness (QED) is 0.364. The molecule has 8 heteroatoms. The maximum atomic E-state index is 14.8. The highest BCUT2D eigenvalue weighted by molar-refractivity contribution is 7.80. The summed E-state index contributed by atoms with van der Waals surface area (Å²) in [5, 5.41) is 4.41. The lowest BCUT2D eigenvalue weighted by Gasteiger charge is -2.29. The van der Waals surface area contributed by atoms with Crippen molar-refractivity contribution in [2.45, 2.75) is 12.1 Å². The molecule has 33 heavy (non-hydrogen) atoms. The standard InChI is InChI=1S/C25H20ClFN4OS/c1-32-22-12-11-16(15-17(22)26)31-24(23(29-25(31)33)19-8-4-5-13-28-19)21-10-6-14-30(21)20-9-3-2-7-18(20)27/h2-15,23-24H,1H3,(H,29,33)/t23-,24-/m1/s1. The van der Waals surface area contributed by atoms with E-state index in [0.29, 0.717) is 21.6 Å². The fraction of sp³-hybridized carbons (Fsp3) is 0.120. The molecule has 1 fully saturated rings. The smallest absolute Gasteiger partial charge is 0.174 e. The van der Waals surface area contributed by atoms with Crippen molar-refractivity contribution < 1.29 is 9.13 Å². The largest absolute Gasteiger partial charge is 0.495 e. The summed E-state index contributed by atoms with van der Waals surface area (Å²) in [5.41, 5.74) is 2.94. The molecule has 1 aliphatic rings. The normalized spacial score (nSPS) is 17.8. The molecule has 2 aromatic carbocycles. The van der Waals surface area contributed by atoms with E-state index >= 15 is 0 Å². The second-order valence-corrected chi connectivity index (χ2v) is 8.36. The molecule has 0 aliphatic carbocycles. The first-order valence-corrected chi connectivity index (χ1v) is 11.1. The molecule has 1 aliphatic heterocycles. The van der Waals surface area contributed by atoms with Crippen molar-refractivity contribution >= 4 is 34.6 Å². The van der Waals surface area contributed by atoms with E-state index in [2.05, 4.69) is 10.3 Å². The third-order valence-corrected chi connectivity index (χ3v) is 6.32. The summed E-state index contributed by atoms with van der Waals surface area (Å²) < 4.78 is 21.9. The van der Waals surface area contributed by atoms with Crippen LogP contribution in [-0.2, 0) is 0 Å². The minimum Gasteiger partial charge on any atom is -0.495 e. The molecule has 2 aromatic heterocycles. The second-order valence-electron chi connectivity index (χ2n) is 7.57. The van der Waals surface area contributed by atoms with Crippen LogP contribution in [0.15, 0.2) is 85.2 Å². The van der Waals surface area contributed by atoms with Gasteiger partial charge in [0, 0.05) is 23.8 Å². The fourth-order valence-electron chi connectivity index (χ4n) is 4.24. The second kappa shape index (κ2) is 8.84. The van der Waals surface area contributed by atoms with Gasteiger partial charge in [0.1, 0.15) is 17.6 Å². The van der Waals surface area contributed by atoms with Crippen molar-refractivity contribution in [2.75, 3.05) is 12.0 Å². The number of para-hydroxylation sites is 1. The molecule has 3 heterocycles. The van der Waals surface area contributed by atoms with E-state index in [-0.39, 0.29) is 17.9 Å². The van der Waals surface area contributed by atoms with Crippen LogP contribution in [0.25, 0.3) is 5.69 Å². The SMILES string of the molecule is COc1ccc(N2C(=S)N[C@H](c3ccccn3)[C@H]2c2cccn2-c2ccccc2F)cc1Cl. The summed E-state index contributed by atoms with van der Waals surface area (Å²) in [5.74, 6) is 0.267. The van der Waals surface area contributed by atoms with Crippen molar-refractivity contribution in [2.24, 2.45) is 0 Å².